The maximum atomic E-state index is 12.8. The number of Topliss-reactive ketones (excluding diaryl/α,β-unsaturated/α-hetero) is 1. The van der Waals surface area contributed by atoms with Gasteiger partial charge in [-0.1, -0.05) is 0 Å². The van der Waals surface area contributed by atoms with E-state index in [4.69, 9.17) is 4.74 Å². The second-order valence-electron chi connectivity index (χ2n) is 7.94. The number of likely N-dealkylation sites (tertiary alicyclic amines) is 1. The lowest BCUT2D eigenvalue weighted by Gasteiger charge is -2.22. The van der Waals surface area contributed by atoms with Crippen molar-refractivity contribution < 1.29 is 28.8 Å². The summed E-state index contributed by atoms with van der Waals surface area (Å²) in [7, 11) is 0. The quantitative estimate of drug-likeness (QED) is 0.234. The van der Waals surface area contributed by atoms with E-state index in [1.807, 2.05) is 0 Å². The normalized spacial score (nSPS) is 28.4. The van der Waals surface area contributed by atoms with Crippen molar-refractivity contribution in [3.05, 3.63) is 39.9 Å². The summed E-state index contributed by atoms with van der Waals surface area (Å²) >= 11 is 0. The molecule has 29 heavy (non-hydrogen) atoms. The second-order valence-corrected chi connectivity index (χ2v) is 7.94. The standard InChI is InChI=1S/C20H20N2O7/c1-10(21-18(24)16-12-2-3-13(8-12)17(16)19(21)25)20(26)29-9-15(23)11-4-6-14(7-5-11)22(27)28/h4-7,10,12-13,16-17H,2-3,8-9H2,1H3/t10-,12-,13+,16-,17-/m0/s1. The van der Waals surface area contributed by atoms with Crippen molar-refractivity contribution in [2.24, 2.45) is 23.7 Å². The van der Waals surface area contributed by atoms with E-state index in [9.17, 15) is 29.3 Å². The van der Waals surface area contributed by atoms with Gasteiger partial charge in [-0.15, -0.1) is 0 Å². The lowest BCUT2D eigenvalue weighted by atomic mass is 9.81. The molecule has 1 saturated heterocycles. The van der Waals surface area contributed by atoms with Gasteiger partial charge in [0.25, 0.3) is 5.69 Å². The van der Waals surface area contributed by atoms with Crippen LogP contribution in [-0.2, 0) is 19.1 Å². The number of hydrogen-bond donors (Lipinski definition) is 0. The minimum atomic E-state index is -1.09. The number of hydrogen-bond acceptors (Lipinski definition) is 7. The van der Waals surface area contributed by atoms with Gasteiger partial charge in [0, 0.05) is 17.7 Å². The maximum Gasteiger partial charge on any atom is 0.329 e. The van der Waals surface area contributed by atoms with E-state index in [-0.39, 0.29) is 46.7 Å². The summed E-state index contributed by atoms with van der Waals surface area (Å²) in [6, 6.07) is 3.84. The van der Waals surface area contributed by atoms with Gasteiger partial charge < -0.3 is 4.74 Å². The minimum absolute atomic E-state index is 0.155. The van der Waals surface area contributed by atoms with Crippen LogP contribution in [0.3, 0.4) is 0 Å². The number of rotatable bonds is 6. The number of imide groups is 1. The first-order chi connectivity index (χ1) is 13.8. The number of non-ortho nitro benzene ring substituents is 1. The smallest absolute Gasteiger partial charge is 0.329 e. The Balaban J connectivity index is 1.37. The fourth-order valence-corrected chi connectivity index (χ4v) is 5.03. The van der Waals surface area contributed by atoms with Crippen molar-refractivity contribution in [3.8, 4) is 0 Å². The average Bonchev–Trinajstić information content (AvgIpc) is 3.39. The van der Waals surface area contributed by atoms with Gasteiger partial charge in [0.05, 0.1) is 16.8 Å². The van der Waals surface area contributed by atoms with Crippen LogP contribution in [0.2, 0.25) is 0 Å². The molecule has 2 saturated carbocycles. The van der Waals surface area contributed by atoms with E-state index in [1.165, 1.54) is 31.2 Å². The molecule has 0 aromatic heterocycles. The van der Waals surface area contributed by atoms with Crippen molar-refractivity contribution in [3.63, 3.8) is 0 Å². The number of ether oxygens (including phenoxy) is 1. The molecule has 1 aromatic rings. The Hall–Kier alpha value is -3.10. The summed E-state index contributed by atoms with van der Waals surface area (Å²) in [4.78, 5) is 61.2. The summed E-state index contributed by atoms with van der Waals surface area (Å²) in [5.74, 6) is -2.17. The largest absolute Gasteiger partial charge is 0.456 e. The Kier molecular flexibility index (Phi) is 4.68. The molecule has 3 fully saturated rings. The number of ketones is 1. The number of nitro benzene ring substituents is 1. The molecule has 0 spiro atoms. The van der Waals surface area contributed by atoms with Crippen molar-refractivity contribution in [1.82, 2.24) is 4.90 Å². The molecule has 0 radical (unpaired) electrons. The SMILES string of the molecule is C[C@@H](C(=O)OCC(=O)c1ccc([N+](=O)[O-])cc1)N1C(=O)[C@H]2[C@@H]3CC[C@@H](C3)[C@@H]2C1=O. The topological polar surface area (TPSA) is 124 Å². The number of carbonyl (C=O) groups excluding carboxylic acids is 4. The van der Waals surface area contributed by atoms with Gasteiger partial charge in [0.2, 0.25) is 11.8 Å². The molecule has 2 amide bonds. The fourth-order valence-electron chi connectivity index (χ4n) is 5.03. The number of esters is 1. The van der Waals surface area contributed by atoms with Crippen LogP contribution in [0.1, 0.15) is 36.5 Å². The van der Waals surface area contributed by atoms with Gasteiger partial charge in [0.1, 0.15) is 6.04 Å². The summed E-state index contributed by atoms with van der Waals surface area (Å²) in [6.45, 7) is 0.854. The molecule has 0 N–H and O–H groups in total. The van der Waals surface area contributed by atoms with Crippen molar-refractivity contribution >= 4 is 29.3 Å². The molecule has 2 bridgehead atoms. The molecule has 2 aliphatic carbocycles. The van der Waals surface area contributed by atoms with Crippen molar-refractivity contribution in [1.29, 1.82) is 0 Å². The van der Waals surface area contributed by atoms with Crippen LogP contribution in [0.25, 0.3) is 0 Å². The number of amides is 2. The van der Waals surface area contributed by atoms with Gasteiger partial charge in [0.15, 0.2) is 12.4 Å². The zero-order chi connectivity index (χ0) is 20.9. The predicted octanol–water partition coefficient (Wildman–Crippen LogP) is 1.74. The first kappa shape index (κ1) is 19.2. The molecule has 9 heteroatoms. The average molecular weight is 400 g/mol. The Bertz CT molecular complexity index is 882. The second kappa shape index (κ2) is 7.06. The number of benzene rings is 1. The van der Waals surface area contributed by atoms with Crippen molar-refractivity contribution in [2.75, 3.05) is 6.61 Å². The zero-order valence-corrected chi connectivity index (χ0v) is 15.8. The molecule has 0 unspecified atom stereocenters. The lowest BCUT2D eigenvalue weighted by Crippen LogP contribution is -2.45. The van der Waals surface area contributed by atoms with E-state index in [2.05, 4.69) is 0 Å². The monoisotopic (exact) mass is 400 g/mol. The molecule has 1 heterocycles. The predicted molar refractivity (Wildman–Crippen MR) is 97.5 cm³/mol. The van der Waals surface area contributed by atoms with Crippen molar-refractivity contribution in [2.45, 2.75) is 32.2 Å². The van der Waals surface area contributed by atoms with Crippen LogP contribution in [0.5, 0.6) is 0 Å². The van der Waals surface area contributed by atoms with E-state index >= 15 is 0 Å². The Labute approximate surface area is 166 Å². The third-order valence-corrected chi connectivity index (χ3v) is 6.44. The summed E-state index contributed by atoms with van der Waals surface area (Å²) in [5, 5.41) is 10.7. The van der Waals surface area contributed by atoms with E-state index in [1.54, 1.807) is 0 Å². The summed E-state index contributed by atoms with van der Waals surface area (Å²) < 4.78 is 5.03. The molecular formula is C20H20N2O7. The number of nitro groups is 1. The van der Waals surface area contributed by atoms with Crippen LogP contribution >= 0.6 is 0 Å². The van der Waals surface area contributed by atoms with E-state index in [0.29, 0.717) is 0 Å². The first-order valence-electron chi connectivity index (χ1n) is 9.60. The molecule has 152 valence electrons. The highest BCUT2D eigenvalue weighted by Crippen LogP contribution is 2.56. The molecule has 3 aliphatic rings. The molecule has 5 atom stereocenters. The van der Waals surface area contributed by atoms with Gasteiger partial charge in [-0.05, 0) is 50.2 Å². The number of carbonyl (C=O) groups is 4. The third kappa shape index (κ3) is 3.10. The fraction of sp³-hybridized carbons (Fsp3) is 0.500. The summed E-state index contributed by atoms with van der Waals surface area (Å²) in [5.41, 5.74) is 0.00762. The van der Waals surface area contributed by atoms with Gasteiger partial charge in [-0.2, -0.15) is 0 Å². The Morgan fingerprint density at radius 1 is 1.14 bits per heavy atom. The molecule has 1 aliphatic heterocycles. The Morgan fingerprint density at radius 2 is 1.69 bits per heavy atom. The third-order valence-electron chi connectivity index (χ3n) is 6.44. The highest BCUT2D eigenvalue weighted by atomic mass is 16.6. The van der Waals surface area contributed by atoms with Crippen LogP contribution in [0.15, 0.2) is 24.3 Å². The summed E-state index contributed by atoms with van der Waals surface area (Å²) in [6.07, 6.45) is 2.80. The highest BCUT2D eigenvalue weighted by Gasteiger charge is 2.62. The molecule has 4 rings (SSSR count). The van der Waals surface area contributed by atoms with Crippen LogP contribution < -0.4 is 0 Å². The number of fused-ring (bicyclic) bond motifs is 5. The maximum absolute atomic E-state index is 12.8. The van der Waals surface area contributed by atoms with Crippen LogP contribution in [0.4, 0.5) is 5.69 Å². The molecule has 9 nitrogen and oxygen atoms in total. The lowest BCUT2D eigenvalue weighted by molar-refractivity contribution is -0.384. The molecular weight excluding hydrogens is 380 g/mol. The van der Waals surface area contributed by atoms with E-state index in [0.717, 1.165) is 24.2 Å². The molecule has 1 aromatic carbocycles. The van der Waals surface area contributed by atoms with Gasteiger partial charge in [-0.3, -0.25) is 29.4 Å². The highest BCUT2D eigenvalue weighted by molar-refractivity contribution is 6.08. The van der Waals surface area contributed by atoms with Crippen LogP contribution in [0, 0.1) is 33.8 Å². The van der Waals surface area contributed by atoms with Gasteiger partial charge in [-0.25, -0.2) is 4.79 Å². The number of nitrogens with zero attached hydrogens (tertiary/aromatic N) is 2. The van der Waals surface area contributed by atoms with E-state index < -0.39 is 29.3 Å². The zero-order valence-electron chi connectivity index (χ0n) is 15.8. The van der Waals surface area contributed by atoms with Crippen LogP contribution in [-0.4, -0.2) is 46.0 Å². The van der Waals surface area contributed by atoms with Gasteiger partial charge >= 0.3 is 5.97 Å². The minimum Gasteiger partial charge on any atom is -0.456 e. The first-order valence-corrected chi connectivity index (χ1v) is 9.60. The Morgan fingerprint density at radius 3 is 2.21 bits per heavy atom.